The van der Waals surface area contributed by atoms with E-state index in [1.807, 2.05) is 4.90 Å². The molecule has 4 saturated heterocycles. The Balaban J connectivity index is 1.29. The number of aliphatic hydroxyl groups is 9. The van der Waals surface area contributed by atoms with Crippen LogP contribution in [0, 0.1) is 5.41 Å². The monoisotopic (exact) mass is 2030 g/mol. The quantitative estimate of drug-likeness (QED) is 0.0236. The van der Waals surface area contributed by atoms with Crippen LogP contribution in [0.2, 0.25) is 0 Å². The number of nitrogens with one attached hydrogen (secondary N) is 9. The number of likely N-dealkylation sites (tertiary alicyclic amines) is 1. The van der Waals surface area contributed by atoms with E-state index in [-0.39, 0.29) is 156 Å². The summed E-state index contributed by atoms with van der Waals surface area (Å²) in [7, 11) is 6.56. The first kappa shape index (κ1) is 125. The van der Waals surface area contributed by atoms with Crippen molar-refractivity contribution >= 4 is 92.8 Å². The molecule has 4 heterocycles. The van der Waals surface area contributed by atoms with E-state index in [1.165, 1.54) is 20.8 Å². The van der Waals surface area contributed by atoms with Crippen molar-refractivity contribution < 1.29 is 165 Å². The summed E-state index contributed by atoms with van der Waals surface area (Å²) in [4.78, 5) is 155. The maximum atomic E-state index is 14.3. The zero-order chi connectivity index (χ0) is 102. The first-order valence-electron chi connectivity index (χ1n) is 49.6. The number of amides is 10. The van der Waals surface area contributed by atoms with Crippen molar-refractivity contribution in [3.63, 3.8) is 0 Å². The van der Waals surface area contributed by atoms with Crippen LogP contribution in [0.4, 0.5) is 14.4 Å². The van der Waals surface area contributed by atoms with Crippen LogP contribution in [0.15, 0.2) is 0 Å². The van der Waals surface area contributed by atoms with Gasteiger partial charge in [-0.2, -0.15) is 0 Å². The molecule has 0 aromatic rings. The topological polar surface area (TPSA) is 618 Å². The molecule has 4 aliphatic rings. The lowest BCUT2D eigenvalue weighted by Gasteiger charge is -2.42. The molecule has 44 nitrogen and oxygen atoms in total. The van der Waals surface area contributed by atoms with Crippen LogP contribution in [0.25, 0.3) is 0 Å². The first-order chi connectivity index (χ1) is 66.7. The minimum Gasteiger partial charge on any atom is -0.450 e. The zero-order valence-electron chi connectivity index (χ0n) is 82.7. The Morgan fingerprint density at radius 2 is 0.763 bits per heavy atom. The predicted molar refractivity (Wildman–Crippen MR) is 510 cm³/mol. The maximum Gasteiger partial charge on any atom is 0.407 e. The number of Topliss-reactive ketones (excluding diaryl/α,β-unsaturated/α-hetero) is 2. The summed E-state index contributed by atoms with van der Waals surface area (Å²) in [5, 5.41) is 116. The van der Waals surface area contributed by atoms with Gasteiger partial charge in [0.15, 0.2) is 18.9 Å². The van der Waals surface area contributed by atoms with E-state index in [4.69, 9.17) is 61.6 Å². The lowest BCUT2D eigenvalue weighted by molar-refractivity contribution is -0.270. The van der Waals surface area contributed by atoms with Crippen LogP contribution in [0.5, 0.6) is 0 Å². The molecule has 804 valence electrons. The van der Waals surface area contributed by atoms with Gasteiger partial charge in [-0.1, -0.05) is 66.5 Å². The number of ether oxygens (including phenoxy) is 13. The molecule has 0 aromatic carbocycles. The smallest absolute Gasteiger partial charge is 0.407 e. The Kier molecular flexibility index (Phi) is 65.9. The lowest BCUT2D eigenvalue weighted by atomic mass is 9.71. The number of unbranched alkanes of at least 4 members (excludes halogenated alkanes) is 10. The standard InChI is InChI=1S/C93H166N10O34S2/c1-63(107)100-77-83(119)80(116)70(59-104)135-86(77)129-45-22-29-67(110)28-15-9-8-10-18-41-97-89(122)132-48-25-35-93(36-26-49-133-90(123)98-42-19-13-11-16-39-94-73(112)30-23-46-130-87-78(101-64(2)108)84(120)81(117)71(60-105)136-87,37-27-50-134-91(124)99-43-20-14-12-17-40-95-74(113)31-24-47-131-88-79(102-65(3)109)85(121)82(118)72(61-106)137-88)57-68(111)34-51-127-52-53-128-54-55-138-139-92(4,5)38-33-75(114)96-44-21-32-76(115)103-58-69(126-7)56-66(103)62-125-6/h66,69-72,77-88,104-106,116-121H,8-62H2,1-7H3,(H,94,112)(H,95,113)(H,96,114)(H,97,122)(H,98,123)(H,99,124)(H,100,107)(H,101,108)(H,102,109)/t66-,69+,70?,71?,72?,77?,78?,79?,80?,81?,82?,83?,84?,85?,86?,87?,88?,93?/m1/s1. The molecule has 4 rings (SSSR count). The minimum absolute atomic E-state index is 0.00133. The molecule has 0 bridgehead atoms. The normalized spacial score (nSPS) is 23.5. The van der Waals surface area contributed by atoms with Crippen LogP contribution in [-0.4, -0.2) is 389 Å². The Bertz CT molecular complexity index is 3230. The number of carbonyl (C=O) groups is 12. The number of rotatable bonds is 78. The van der Waals surface area contributed by atoms with Crippen LogP contribution in [-0.2, 0) is 105 Å². The Hall–Kier alpha value is -6.62. The number of methoxy groups -OCH3 is 2. The molecular weight excluding hydrogens is 1870 g/mol. The molecule has 17 atom stereocenters. The molecule has 0 radical (unpaired) electrons. The molecule has 0 aromatic heterocycles. The van der Waals surface area contributed by atoms with Gasteiger partial charge in [-0.05, 0) is 135 Å². The summed E-state index contributed by atoms with van der Waals surface area (Å²) < 4.78 is 73.3. The Morgan fingerprint density at radius 3 is 1.17 bits per heavy atom. The van der Waals surface area contributed by atoms with Crippen molar-refractivity contribution in [3.8, 4) is 0 Å². The average Bonchev–Trinajstić information content (AvgIpc) is 1.16. The molecule has 139 heavy (non-hydrogen) atoms. The van der Waals surface area contributed by atoms with E-state index >= 15 is 0 Å². The highest BCUT2D eigenvalue weighted by Crippen LogP contribution is 2.41. The van der Waals surface area contributed by atoms with Crippen molar-refractivity contribution in [2.24, 2.45) is 5.41 Å². The predicted octanol–water partition coefficient (Wildman–Crippen LogP) is 2.46. The third-order valence-electron chi connectivity index (χ3n) is 24.1. The number of ketones is 2. The fourth-order valence-corrected chi connectivity index (χ4v) is 18.9. The van der Waals surface area contributed by atoms with E-state index in [9.17, 15) is 103 Å². The highest BCUT2D eigenvalue weighted by Gasteiger charge is 2.49. The highest BCUT2D eigenvalue weighted by atomic mass is 33.1. The molecule has 4 aliphatic heterocycles. The fourth-order valence-electron chi connectivity index (χ4n) is 16.5. The summed E-state index contributed by atoms with van der Waals surface area (Å²) in [6.45, 7) is 10.4. The van der Waals surface area contributed by atoms with Gasteiger partial charge in [-0.25, -0.2) is 14.4 Å². The van der Waals surface area contributed by atoms with E-state index in [0.29, 0.717) is 180 Å². The number of aliphatic hydroxyl groups excluding tert-OH is 9. The van der Waals surface area contributed by atoms with Gasteiger partial charge in [0.2, 0.25) is 41.4 Å². The molecule has 46 heteroatoms. The van der Waals surface area contributed by atoms with Gasteiger partial charge in [0.25, 0.3) is 0 Å². The fraction of sp³-hybridized carbons (Fsp3) is 0.871. The van der Waals surface area contributed by atoms with Crippen molar-refractivity contribution in [3.05, 3.63) is 0 Å². The van der Waals surface area contributed by atoms with Gasteiger partial charge in [-0.3, -0.25) is 43.2 Å². The Labute approximate surface area is 825 Å². The molecule has 4 fully saturated rings. The first-order valence-corrected chi connectivity index (χ1v) is 51.9. The van der Waals surface area contributed by atoms with Crippen molar-refractivity contribution in [2.75, 3.05) is 158 Å². The van der Waals surface area contributed by atoms with Crippen molar-refractivity contribution in [1.82, 2.24) is 52.8 Å². The molecule has 0 saturated carbocycles. The summed E-state index contributed by atoms with van der Waals surface area (Å²) in [6.07, 6.45) is -1.80. The third-order valence-corrected chi connectivity index (χ3v) is 27.5. The molecule has 15 unspecified atom stereocenters. The number of alkyl carbamates (subject to hydrolysis) is 3. The van der Waals surface area contributed by atoms with Crippen molar-refractivity contribution in [1.29, 1.82) is 0 Å². The van der Waals surface area contributed by atoms with Gasteiger partial charge in [-0.15, -0.1) is 0 Å². The van der Waals surface area contributed by atoms with Crippen LogP contribution >= 0.6 is 21.6 Å². The second kappa shape index (κ2) is 73.4. The number of nitrogens with zero attached hydrogens (tertiary/aromatic N) is 1. The zero-order valence-corrected chi connectivity index (χ0v) is 84.3. The molecule has 0 spiro atoms. The van der Waals surface area contributed by atoms with Crippen LogP contribution < -0.4 is 47.9 Å². The van der Waals surface area contributed by atoms with Gasteiger partial charge < -0.3 is 160 Å². The second-order valence-corrected chi connectivity index (χ2v) is 39.5. The van der Waals surface area contributed by atoms with Gasteiger partial charge >= 0.3 is 18.3 Å². The van der Waals surface area contributed by atoms with Gasteiger partial charge in [0.1, 0.15) is 84.6 Å². The molecular formula is C93H166N10O34S2. The maximum absolute atomic E-state index is 14.3. The van der Waals surface area contributed by atoms with E-state index in [1.54, 1.807) is 35.8 Å². The summed E-state index contributed by atoms with van der Waals surface area (Å²) in [6, 6.07) is -3.31. The van der Waals surface area contributed by atoms with Gasteiger partial charge in [0.05, 0.1) is 105 Å². The summed E-state index contributed by atoms with van der Waals surface area (Å²) >= 11 is 0. The number of hydrogen-bond donors (Lipinski definition) is 18. The summed E-state index contributed by atoms with van der Waals surface area (Å²) in [5.41, 5.74) is -0.761. The minimum atomic E-state index is -1.46. The van der Waals surface area contributed by atoms with Crippen LogP contribution in [0.3, 0.4) is 0 Å². The second-order valence-electron chi connectivity index (χ2n) is 36.4. The molecule has 18 N–H and O–H groups in total. The van der Waals surface area contributed by atoms with Crippen molar-refractivity contribution in [2.45, 2.75) is 355 Å². The average molecular weight is 2030 g/mol. The van der Waals surface area contributed by atoms with E-state index in [0.717, 1.165) is 51.4 Å². The summed E-state index contributed by atoms with van der Waals surface area (Å²) in [5.74, 6) is -1.35. The van der Waals surface area contributed by atoms with E-state index < -0.39 is 153 Å². The number of carbonyl (C=O) groups excluding carboxylic acids is 12. The van der Waals surface area contributed by atoms with Gasteiger partial charge in [0, 0.05) is 143 Å². The molecule has 10 amide bonds. The third kappa shape index (κ3) is 53.7. The van der Waals surface area contributed by atoms with Crippen LogP contribution in [0.1, 0.15) is 247 Å². The largest absolute Gasteiger partial charge is 0.450 e. The highest BCUT2D eigenvalue weighted by molar-refractivity contribution is 8.77. The lowest BCUT2D eigenvalue weighted by Crippen LogP contribution is -2.64. The number of hydrogen-bond acceptors (Lipinski definition) is 36. The Morgan fingerprint density at radius 1 is 0.388 bits per heavy atom. The SMILES string of the molecule is COC[C@H]1C[C@H](OC)CN1C(=O)CCCNC(=O)CCC(C)(C)SSCCOCCOCCC(=O)CC(CCCOC(=O)NCCCCCCCC(=O)CCCOC1OC(CO)C(O)C(O)C1NC(C)=O)(CCCOC(=O)NCCCCCCNC(=O)CCCOC1OC(CO)C(O)C(O)C1NC(C)=O)CCCOC(=O)NCCCCCCNC(=O)CCCOC1OC(CO)C(O)C(O)C1NC(C)=O. The molecule has 0 aliphatic carbocycles. The van der Waals surface area contributed by atoms with E-state index in [2.05, 4.69) is 61.7 Å².